The monoisotopic (exact) mass is 236 g/mol. The number of carbonyl (C=O) groups excluding carboxylic acids is 1. The molecule has 0 rings (SSSR count). The molecule has 5 heteroatoms. The maximum atomic E-state index is 11.1. The molecule has 15 heavy (non-hydrogen) atoms. The molecule has 0 aliphatic heterocycles. The minimum Gasteiger partial charge on any atom is -0.465 e. The van der Waals surface area contributed by atoms with E-state index in [1.807, 2.05) is 0 Å². The fourth-order valence-corrected chi connectivity index (χ4v) is 1.76. The Labute approximate surface area is 93.5 Å². The smallest absolute Gasteiger partial charge is 0.318 e. The first-order chi connectivity index (χ1) is 7.20. The Hall–Kier alpha value is -0.420. The summed E-state index contributed by atoms with van der Waals surface area (Å²) in [6.45, 7) is 2.37. The summed E-state index contributed by atoms with van der Waals surface area (Å²) in [5.41, 5.74) is 0. The average Bonchev–Trinajstić information content (AvgIpc) is 2.17. The lowest BCUT2D eigenvalue weighted by Crippen LogP contribution is -2.17. The molecule has 1 N–H and O–H groups in total. The maximum absolute atomic E-state index is 11.1. The van der Waals surface area contributed by atoms with Gasteiger partial charge in [0, 0.05) is 16.6 Å². The second-order valence-corrected chi connectivity index (χ2v) is 4.87. The number of hydrogen-bond acceptors (Lipinski definition) is 4. The molecular weight excluding hydrogens is 216 g/mol. The zero-order valence-corrected chi connectivity index (χ0v) is 10.1. The van der Waals surface area contributed by atoms with E-state index in [4.69, 9.17) is 9.84 Å². The summed E-state index contributed by atoms with van der Waals surface area (Å²) in [6.07, 6.45) is 4.22. The molecule has 0 aromatic heterocycles. The summed E-state index contributed by atoms with van der Waals surface area (Å²) in [5.74, 6) is -0.391. The molecule has 0 aromatic carbocycles. The number of aliphatic hydroxyl groups excluding tert-OH is 1. The lowest BCUT2D eigenvalue weighted by Gasteiger charge is -2.03. The molecule has 0 aromatic rings. The summed E-state index contributed by atoms with van der Waals surface area (Å²) in [7, 11) is -1.28. The fraction of sp³-hybridized carbons (Fsp3) is 0.900. The second kappa shape index (κ2) is 10.1. The highest BCUT2D eigenvalue weighted by Crippen LogP contribution is 1.99. The number of carbonyl (C=O) groups is 1. The molecule has 1 atom stereocenters. The van der Waals surface area contributed by atoms with Crippen molar-refractivity contribution in [2.75, 3.05) is 24.7 Å². The van der Waals surface area contributed by atoms with Crippen molar-refractivity contribution in [1.82, 2.24) is 0 Å². The Morgan fingerprint density at radius 2 is 2.07 bits per heavy atom. The third-order valence-corrected chi connectivity index (χ3v) is 3.05. The van der Waals surface area contributed by atoms with E-state index >= 15 is 0 Å². The van der Waals surface area contributed by atoms with Crippen LogP contribution in [-0.4, -0.2) is 40.0 Å². The predicted molar refractivity (Wildman–Crippen MR) is 60.1 cm³/mol. The van der Waals surface area contributed by atoms with Crippen molar-refractivity contribution in [3.63, 3.8) is 0 Å². The predicted octanol–water partition coefficient (Wildman–Crippen LogP) is 0.851. The molecule has 0 aliphatic carbocycles. The third-order valence-electron chi connectivity index (χ3n) is 1.86. The number of hydrogen-bond donors (Lipinski definition) is 1. The van der Waals surface area contributed by atoms with Crippen LogP contribution in [0.4, 0.5) is 0 Å². The van der Waals surface area contributed by atoms with Gasteiger partial charge in [0.1, 0.15) is 5.75 Å². The van der Waals surface area contributed by atoms with E-state index in [0.29, 0.717) is 6.61 Å². The van der Waals surface area contributed by atoms with Gasteiger partial charge in [0.2, 0.25) is 0 Å². The minimum absolute atomic E-state index is 0.103. The van der Waals surface area contributed by atoms with Gasteiger partial charge in [-0.2, -0.15) is 0 Å². The molecule has 0 amide bonds. The first-order valence-electron chi connectivity index (χ1n) is 5.32. The first-order valence-corrected chi connectivity index (χ1v) is 6.81. The normalized spacial score (nSPS) is 12.4. The van der Waals surface area contributed by atoms with Crippen molar-refractivity contribution in [1.29, 1.82) is 0 Å². The van der Waals surface area contributed by atoms with Crippen molar-refractivity contribution < 1.29 is 18.8 Å². The van der Waals surface area contributed by atoms with Gasteiger partial charge < -0.3 is 9.84 Å². The van der Waals surface area contributed by atoms with E-state index in [-0.39, 0.29) is 18.1 Å². The third kappa shape index (κ3) is 9.87. The Morgan fingerprint density at radius 3 is 2.67 bits per heavy atom. The summed E-state index contributed by atoms with van der Waals surface area (Å²) in [5, 5.41) is 8.48. The Balaban J connectivity index is 3.37. The van der Waals surface area contributed by atoms with Crippen molar-refractivity contribution in [2.24, 2.45) is 0 Å². The Morgan fingerprint density at radius 1 is 1.33 bits per heavy atom. The van der Waals surface area contributed by atoms with E-state index in [2.05, 4.69) is 6.92 Å². The summed E-state index contributed by atoms with van der Waals surface area (Å²) >= 11 is 0. The van der Waals surface area contributed by atoms with E-state index in [1.54, 1.807) is 0 Å². The number of ether oxygens (including phenoxy) is 1. The molecule has 0 saturated heterocycles. The zero-order chi connectivity index (χ0) is 11.5. The summed E-state index contributed by atoms with van der Waals surface area (Å²) in [6, 6.07) is 0. The van der Waals surface area contributed by atoms with E-state index in [0.717, 1.165) is 25.7 Å². The van der Waals surface area contributed by atoms with Crippen LogP contribution in [0.15, 0.2) is 0 Å². The van der Waals surface area contributed by atoms with E-state index in [9.17, 15) is 9.00 Å². The Kier molecular flexibility index (Phi) is 9.83. The van der Waals surface area contributed by atoms with Crippen LogP contribution in [0.3, 0.4) is 0 Å². The van der Waals surface area contributed by atoms with Crippen molar-refractivity contribution in [3.05, 3.63) is 0 Å². The van der Waals surface area contributed by atoms with Crippen LogP contribution in [0.5, 0.6) is 0 Å². The van der Waals surface area contributed by atoms with Crippen LogP contribution in [-0.2, 0) is 20.3 Å². The molecular formula is C10H20O4S. The van der Waals surface area contributed by atoms with Crippen molar-refractivity contribution in [2.45, 2.75) is 32.6 Å². The van der Waals surface area contributed by atoms with Gasteiger partial charge in [-0.1, -0.05) is 26.2 Å². The summed E-state index contributed by atoms with van der Waals surface area (Å²) < 4.78 is 15.9. The first kappa shape index (κ1) is 14.6. The van der Waals surface area contributed by atoms with Gasteiger partial charge in [0.05, 0.1) is 13.2 Å². The standard InChI is InChI=1S/C10H20O4S/c1-2-3-4-5-7-14-10(12)9-15(13)8-6-11/h11H,2-9H2,1H3. The van der Waals surface area contributed by atoms with Gasteiger partial charge in [-0.3, -0.25) is 9.00 Å². The van der Waals surface area contributed by atoms with Gasteiger partial charge in [0.15, 0.2) is 0 Å². The highest BCUT2D eigenvalue weighted by atomic mass is 32.2. The molecule has 0 bridgehead atoms. The van der Waals surface area contributed by atoms with Crippen LogP contribution < -0.4 is 0 Å². The van der Waals surface area contributed by atoms with Gasteiger partial charge >= 0.3 is 5.97 Å². The van der Waals surface area contributed by atoms with Crippen LogP contribution in [0, 0.1) is 0 Å². The van der Waals surface area contributed by atoms with Crippen LogP contribution in [0.2, 0.25) is 0 Å². The highest BCUT2D eigenvalue weighted by molar-refractivity contribution is 7.85. The largest absolute Gasteiger partial charge is 0.465 e. The fourth-order valence-electron chi connectivity index (χ4n) is 1.06. The maximum Gasteiger partial charge on any atom is 0.318 e. The topological polar surface area (TPSA) is 63.6 Å². The molecule has 0 saturated carbocycles. The average molecular weight is 236 g/mol. The van der Waals surface area contributed by atoms with E-state index < -0.39 is 16.8 Å². The van der Waals surface area contributed by atoms with Crippen molar-refractivity contribution >= 4 is 16.8 Å². The minimum atomic E-state index is -1.28. The highest BCUT2D eigenvalue weighted by Gasteiger charge is 2.08. The van der Waals surface area contributed by atoms with Crippen LogP contribution >= 0.6 is 0 Å². The lowest BCUT2D eigenvalue weighted by atomic mass is 10.2. The molecule has 4 nitrogen and oxygen atoms in total. The summed E-state index contributed by atoms with van der Waals surface area (Å²) in [4.78, 5) is 11.1. The number of esters is 1. The van der Waals surface area contributed by atoms with Crippen LogP contribution in [0.25, 0.3) is 0 Å². The number of unbranched alkanes of at least 4 members (excludes halogenated alkanes) is 3. The SMILES string of the molecule is CCCCCCOC(=O)CS(=O)CCO. The number of aliphatic hydroxyl groups is 1. The van der Waals surface area contributed by atoms with Gasteiger partial charge in [0.25, 0.3) is 0 Å². The van der Waals surface area contributed by atoms with E-state index in [1.165, 1.54) is 0 Å². The molecule has 0 heterocycles. The van der Waals surface area contributed by atoms with Gasteiger partial charge in [-0.25, -0.2) is 0 Å². The lowest BCUT2D eigenvalue weighted by molar-refractivity contribution is -0.140. The molecule has 0 fully saturated rings. The Bertz CT molecular complexity index is 194. The van der Waals surface area contributed by atoms with Crippen molar-refractivity contribution in [3.8, 4) is 0 Å². The van der Waals surface area contributed by atoms with Gasteiger partial charge in [-0.05, 0) is 6.42 Å². The number of rotatable bonds is 9. The molecule has 90 valence electrons. The zero-order valence-electron chi connectivity index (χ0n) is 9.24. The molecule has 0 radical (unpaired) electrons. The van der Waals surface area contributed by atoms with Gasteiger partial charge in [-0.15, -0.1) is 0 Å². The molecule has 0 spiro atoms. The molecule has 1 unspecified atom stereocenters. The second-order valence-electron chi connectivity index (χ2n) is 3.29. The van der Waals surface area contributed by atoms with Crippen LogP contribution in [0.1, 0.15) is 32.6 Å². The quantitative estimate of drug-likeness (QED) is 0.476. The molecule has 0 aliphatic rings.